The fraction of sp³-hybridized carbons (Fsp3) is 0.273. The number of anilines is 1. The van der Waals surface area contributed by atoms with Crippen molar-refractivity contribution in [1.29, 1.82) is 5.41 Å². The number of halogens is 3. The van der Waals surface area contributed by atoms with Crippen LogP contribution in [0, 0.1) is 12.3 Å². The molecule has 0 aliphatic heterocycles. The molecule has 1 rings (SSSR count). The van der Waals surface area contributed by atoms with Gasteiger partial charge in [0.15, 0.2) is 6.29 Å². The van der Waals surface area contributed by atoms with Gasteiger partial charge in [-0.05, 0) is 50.6 Å². The fourth-order valence-corrected chi connectivity index (χ4v) is 2.37. The molecule has 0 heterocycles. The molecule has 0 bridgehead atoms. The van der Waals surface area contributed by atoms with Gasteiger partial charge in [-0.15, -0.1) is 0 Å². The molecular weight excluding hydrogens is 379 g/mol. The Morgan fingerprint density at radius 3 is 2.52 bits per heavy atom. The van der Waals surface area contributed by atoms with Crippen molar-refractivity contribution in [2.24, 2.45) is 0 Å². The molecule has 0 aliphatic carbocycles. The first-order valence-electron chi connectivity index (χ1n) is 8.98. The number of rotatable bonds is 9. The van der Waals surface area contributed by atoms with E-state index in [0.29, 0.717) is 23.5 Å². The molecule has 0 saturated heterocycles. The van der Waals surface area contributed by atoms with Crippen molar-refractivity contribution in [2.45, 2.75) is 26.9 Å². The highest BCUT2D eigenvalue weighted by molar-refractivity contribution is 6.08. The minimum atomic E-state index is -4.76. The quantitative estimate of drug-likeness (QED) is 0.251. The van der Waals surface area contributed by atoms with Gasteiger partial charge >= 0.3 is 6.18 Å². The van der Waals surface area contributed by atoms with Crippen molar-refractivity contribution < 1.29 is 18.0 Å². The summed E-state index contributed by atoms with van der Waals surface area (Å²) in [5, 5.41) is 11.1. The number of benzene rings is 1. The molecule has 0 saturated carbocycles. The Balaban J connectivity index is 3.31. The zero-order valence-corrected chi connectivity index (χ0v) is 17.0. The second kappa shape index (κ2) is 10.5. The SMILES string of the molecule is C=C(Nc1ccc(C)c(C(=N)/C=C\C)c1)C(=C/N(C)CC)/C=C(\C=O)C(F)(F)F. The molecule has 0 atom stereocenters. The molecule has 1 aromatic rings. The maximum absolute atomic E-state index is 13.0. The summed E-state index contributed by atoms with van der Waals surface area (Å²) in [6.45, 7) is 9.92. The highest BCUT2D eigenvalue weighted by Gasteiger charge is 2.33. The third kappa shape index (κ3) is 7.10. The van der Waals surface area contributed by atoms with E-state index >= 15 is 0 Å². The lowest BCUT2D eigenvalue weighted by molar-refractivity contribution is -0.119. The Labute approximate surface area is 169 Å². The lowest BCUT2D eigenvalue weighted by Gasteiger charge is -2.18. The van der Waals surface area contributed by atoms with Crippen molar-refractivity contribution in [3.63, 3.8) is 0 Å². The highest BCUT2D eigenvalue weighted by atomic mass is 19.4. The molecule has 1 aromatic carbocycles. The van der Waals surface area contributed by atoms with Crippen LogP contribution in [0.5, 0.6) is 0 Å². The maximum atomic E-state index is 13.0. The van der Waals surface area contributed by atoms with Crippen LogP contribution in [0.2, 0.25) is 0 Å². The Hall–Kier alpha value is -3.09. The van der Waals surface area contributed by atoms with Crippen LogP contribution < -0.4 is 5.32 Å². The van der Waals surface area contributed by atoms with E-state index < -0.39 is 11.7 Å². The summed E-state index contributed by atoms with van der Waals surface area (Å²) in [7, 11) is 1.71. The molecule has 0 spiro atoms. The molecule has 2 N–H and O–H groups in total. The molecule has 7 heteroatoms. The van der Waals surface area contributed by atoms with Gasteiger partial charge < -0.3 is 15.6 Å². The number of aryl methyl sites for hydroxylation is 1. The van der Waals surface area contributed by atoms with Gasteiger partial charge in [0, 0.05) is 42.3 Å². The van der Waals surface area contributed by atoms with E-state index in [1.807, 2.05) is 26.8 Å². The van der Waals surface area contributed by atoms with E-state index in [0.717, 1.165) is 11.6 Å². The van der Waals surface area contributed by atoms with E-state index in [-0.39, 0.29) is 17.6 Å². The summed E-state index contributed by atoms with van der Waals surface area (Å²) in [6.07, 6.45) is 0.697. The smallest absolute Gasteiger partial charge is 0.380 e. The van der Waals surface area contributed by atoms with Gasteiger partial charge in [0.1, 0.15) is 0 Å². The second-order valence-corrected chi connectivity index (χ2v) is 6.42. The van der Waals surface area contributed by atoms with Crippen LogP contribution >= 0.6 is 0 Å². The predicted octanol–water partition coefficient (Wildman–Crippen LogP) is 5.39. The first kappa shape index (κ1) is 23.9. The van der Waals surface area contributed by atoms with Crippen molar-refractivity contribution in [3.8, 4) is 0 Å². The van der Waals surface area contributed by atoms with Crippen molar-refractivity contribution >= 4 is 17.7 Å². The fourth-order valence-electron chi connectivity index (χ4n) is 2.37. The zero-order valence-electron chi connectivity index (χ0n) is 17.0. The van der Waals surface area contributed by atoms with Gasteiger partial charge in [-0.25, -0.2) is 0 Å². The average Bonchev–Trinajstić information content (AvgIpc) is 2.65. The molecule has 29 heavy (non-hydrogen) atoms. The van der Waals surface area contributed by atoms with Crippen LogP contribution in [0.4, 0.5) is 18.9 Å². The lowest BCUT2D eigenvalue weighted by atomic mass is 10.0. The number of carbonyl (C=O) groups is 1. The molecule has 4 nitrogen and oxygen atoms in total. The van der Waals surface area contributed by atoms with Crippen LogP contribution in [0.1, 0.15) is 25.0 Å². The van der Waals surface area contributed by atoms with Crippen LogP contribution in [-0.4, -0.2) is 36.7 Å². The minimum Gasteiger partial charge on any atom is -0.380 e. The standard InChI is InChI=1S/C22H26F3N3O/c1-6-8-21(26)20-12-19(10-9-15(20)3)27-16(4)17(13-28(5)7-2)11-18(14-29)22(23,24)25/h6,8-14,26-27H,4,7H2,1-3,5H3/b8-6-,17-13+,18-11+,26-21?. The predicted molar refractivity (Wildman–Crippen MR) is 112 cm³/mol. The van der Waals surface area contributed by atoms with Gasteiger partial charge in [-0.1, -0.05) is 18.7 Å². The normalized spacial score (nSPS) is 12.8. The van der Waals surface area contributed by atoms with E-state index in [2.05, 4.69) is 11.9 Å². The summed E-state index contributed by atoms with van der Waals surface area (Å²) in [5.74, 6) is 0. The minimum absolute atomic E-state index is 0.124. The Morgan fingerprint density at radius 1 is 1.34 bits per heavy atom. The lowest BCUT2D eigenvalue weighted by Crippen LogP contribution is -2.16. The molecule has 0 aromatic heterocycles. The second-order valence-electron chi connectivity index (χ2n) is 6.42. The summed E-state index contributed by atoms with van der Waals surface area (Å²) in [4.78, 5) is 12.6. The molecule has 0 amide bonds. The van der Waals surface area contributed by atoms with Gasteiger partial charge in [0.2, 0.25) is 0 Å². The first-order chi connectivity index (χ1) is 13.5. The number of alkyl halides is 3. The van der Waals surface area contributed by atoms with E-state index in [1.54, 1.807) is 36.2 Å². The molecule has 0 unspecified atom stereocenters. The Kier molecular flexibility index (Phi) is 8.63. The number of carbonyl (C=O) groups excluding carboxylic acids is 1. The molecule has 0 radical (unpaired) electrons. The van der Waals surface area contributed by atoms with Crippen LogP contribution in [0.25, 0.3) is 0 Å². The van der Waals surface area contributed by atoms with Gasteiger partial charge in [0.25, 0.3) is 0 Å². The van der Waals surface area contributed by atoms with Gasteiger partial charge in [-0.3, -0.25) is 4.79 Å². The van der Waals surface area contributed by atoms with Gasteiger partial charge in [0.05, 0.1) is 11.3 Å². The largest absolute Gasteiger partial charge is 0.419 e. The monoisotopic (exact) mass is 405 g/mol. The van der Waals surface area contributed by atoms with Crippen molar-refractivity contribution in [1.82, 2.24) is 4.90 Å². The summed E-state index contributed by atoms with van der Waals surface area (Å²) < 4.78 is 39.1. The van der Waals surface area contributed by atoms with Crippen LogP contribution in [0.3, 0.4) is 0 Å². The number of nitrogens with one attached hydrogen (secondary N) is 2. The summed E-state index contributed by atoms with van der Waals surface area (Å²) in [5.41, 5.74) is 1.50. The molecular formula is C22H26F3N3O. The highest BCUT2D eigenvalue weighted by Crippen LogP contribution is 2.27. The molecule has 156 valence electrons. The average molecular weight is 405 g/mol. The summed E-state index contributed by atoms with van der Waals surface area (Å²) >= 11 is 0. The van der Waals surface area contributed by atoms with Gasteiger partial charge in [-0.2, -0.15) is 13.2 Å². The number of allylic oxidation sites excluding steroid dienone is 4. The maximum Gasteiger partial charge on any atom is 0.419 e. The topological polar surface area (TPSA) is 56.2 Å². The summed E-state index contributed by atoms with van der Waals surface area (Å²) in [6, 6.07) is 5.30. The van der Waals surface area contributed by atoms with E-state index in [4.69, 9.17) is 5.41 Å². The van der Waals surface area contributed by atoms with Crippen LogP contribution in [0.15, 0.2) is 66.0 Å². The Bertz CT molecular complexity index is 865. The number of hydrogen-bond acceptors (Lipinski definition) is 4. The Morgan fingerprint density at radius 2 is 2.00 bits per heavy atom. The van der Waals surface area contributed by atoms with Crippen molar-refractivity contribution in [3.05, 3.63) is 77.2 Å². The number of hydrogen-bond donors (Lipinski definition) is 2. The first-order valence-corrected chi connectivity index (χ1v) is 8.98. The third-order valence-electron chi connectivity index (χ3n) is 4.13. The number of nitrogens with zero attached hydrogens (tertiary/aromatic N) is 1. The molecule has 0 aliphatic rings. The van der Waals surface area contributed by atoms with E-state index in [9.17, 15) is 18.0 Å². The molecule has 0 fully saturated rings. The number of aldehydes is 1. The van der Waals surface area contributed by atoms with Crippen molar-refractivity contribution in [2.75, 3.05) is 18.9 Å². The zero-order chi connectivity index (χ0) is 22.2. The van der Waals surface area contributed by atoms with Crippen LogP contribution in [-0.2, 0) is 4.79 Å². The third-order valence-corrected chi connectivity index (χ3v) is 4.13. The van der Waals surface area contributed by atoms with E-state index in [1.165, 1.54) is 6.20 Å².